The van der Waals surface area contributed by atoms with Crippen LogP contribution < -0.4 is 5.32 Å². The Hall–Kier alpha value is -2.69. The largest absolute Gasteiger partial charge is 0.465 e. The van der Waals surface area contributed by atoms with Crippen molar-refractivity contribution >= 4 is 61.4 Å². The van der Waals surface area contributed by atoms with Crippen LogP contribution in [0.2, 0.25) is 0 Å². The molecule has 7 nitrogen and oxygen atoms in total. The lowest BCUT2D eigenvalue weighted by Gasteiger charge is -2.09. The van der Waals surface area contributed by atoms with Crippen molar-refractivity contribution in [3.05, 3.63) is 45.6 Å². The third-order valence-electron chi connectivity index (χ3n) is 6.28. The van der Waals surface area contributed by atoms with Crippen LogP contribution in [0.15, 0.2) is 34.8 Å². The number of aryl methyl sites for hydroxylation is 1. The molecule has 0 aliphatic heterocycles. The zero-order chi connectivity index (χ0) is 25.1. The topological polar surface area (TPSA) is 86.1 Å². The van der Waals surface area contributed by atoms with E-state index in [0.717, 1.165) is 67.4 Å². The van der Waals surface area contributed by atoms with Crippen molar-refractivity contribution in [1.82, 2.24) is 14.8 Å². The summed E-state index contributed by atoms with van der Waals surface area (Å²) in [6.07, 6.45) is 6.02. The maximum atomic E-state index is 13.0. The van der Waals surface area contributed by atoms with Crippen LogP contribution >= 0.6 is 34.4 Å². The molecule has 3 heterocycles. The molecule has 0 radical (unpaired) electrons. The fourth-order valence-corrected chi connectivity index (χ4v) is 7.61. The summed E-state index contributed by atoms with van der Waals surface area (Å²) in [6, 6.07) is 8.28. The number of hydrogen-bond donors (Lipinski definition) is 1. The first kappa shape index (κ1) is 25.0. The highest BCUT2D eigenvalue weighted by Gasteiger charge is 2.26. The van der Waals surface area contributed by atoms with Crippen LogP contribution in [-0.4, -0.2) is 39.5 Å². The molecule has 3 aromatic heterocycles. The molecule has 1 aliphatic rings. The molecule has 4 aromatic rings. The quantitative estimate of drug-likeness (QED) is 0.158. The number of carbonyl (C=O) groups is 2. The highest BCUT2D eigenvalue weighted by molar-refractivity contribution is 7.99. The fraction of sp³-hybridized carbons (Fsp3) is 0.385. The summed E-state index contributed by atoms with van der Waals surface area (Å²) in [7, 11) is 1.39. The number of methoxy groups -OCH3 is 1. The molecule has 1 aromatic carbocycles. The van der Waals surface area contributed by atoms with Gasteiger partial charge in [-0.2, -0.15) is 0 Å². The second-order valence-electron chi connectivity index (χ2n) is 8.70. The Kier molecular flexibility index (Phi) is 7.73. The second kappa shape index (κ2) is 11.1. The summed E-state index contributed by atoms with van der Waals surface area (Å²) in [5.41, 5.74) is 2.64. The van der Waals surface area contributed by atoms with Gasteiger partial charge in [0.25, 0.3) is 0 Å². The fourth-order valence-electron chi connectivity index (χ4n) is 4.61. The molecule has 1 N–H and O–H groups in total. The number of benzene rings is 1. The van der Waals surface area contributed by atoms with Crippen LogP contribution in [0.25, 0.3) is 21.5 Å². The predicted molar refractivity (Wildman–Crippen MR) is 147 cm³/mol. The number of anilines is 1. The number of rotatable bonds is 8. The highest BCUT2D eigenvalue weighted by Crippen LogP contribution is 2.38. The Morgan fingerprint density at radius 2 is 2.00 bits per heavy atom. The van der Waals surface area contributed by atoms with Gasteiger partial charge in [-0.15, -0.1) is 32.9 Å². The first-order valence-corrected chi connectivity index (χ1v) is 14.8. The number of aromatic nitrogens is 3. The smallest absolute Gasteiger partial charge is 0.341 e. The molecule has 0 bridgehead atoms. The summed E-state index contributed by atoms with van der Waals surface area (Å²) in [5.74, 6) is 0.449. The molecule has 36 heavy (non-hydrogen) atoms. The molecule has 0 saturated carbocycles. The first-order valence-electron chi connectivity index (χ1n) is 12.2. The van der Waals surface area contributed by atoms with Crippen molar-refractivity contribution in [3.8, 4) is 11.4 Å². The minimum absolute atomic E-state index is 0.171. The standard InChI is InChI=1S/C26H28N4O3S3/c1-3-13-30-23(18-14-34-19-11-8-7-9-16(18)19)28-29-26(30)35-15-21(31)27-24-22(25(32)33-2)17-10-5-4-6-12-20(17)36-24/h7-9,11,14H,3-6,10,12-13,15H2,1-2H3,(H,27,31). The Bertz CT molecular complexity index is 1400. The molecule has 0 atom stereocenters. The van der Waals surface area contributed by atoms with Crippen molar-refractivity contribution in [2.75, 3.05) is 18.2 Å². The average Bonchev–Trinajstić information content (AvgIpc) is 3.53. The monoisotopic (exact) mass is 540 g/mol. The highest BCUT2D eigenvalue weighted by atomic mass is 32.2. The molecule has 1 amide bonds. The van der Waals surface area contributed by atoms with Crippen molar-refractivity contribution in [3.63, 3.8) is 0 Å². The van der Waals surface area contributed by atoms with Crippen LogP contribution in [-0.2, 0) is 28.9 Å². The maximum Gasteiger partial charge on any atom is 0.341 e. The molecule has 0 spiro atoms. The number of esters is 1. The zero-order valence-electron chi connectivity index (χ0n) is 20.3. The van der Waals surface area contributed by atoms with Gasteiger partial charge in [0.2, 0.25) is 5.91 Å². The number of thiophene rings is 2. The number of hydrogen-bond acceptors (Lipinski definition) is 8. The molecule has 0 fully saturated rings. The molecule has 0 saturated heterocycles. The molecule has 5 rings (SSSR count). The Balaban J connectivity index is 1.35. The van der Waals surface area contributed by atoms with E-state index >= 15 is 0 Å². The molecular formula is C26H28N4O3S3. The van der Waals surface area contributed by atoms with E-state index in [9.17, 15) is 9.59 Å². The molecular weight excluding hydrogens is 513 g/mol. The van der Waals surface area contributed by atoms with Crippen LogP contribution in [0.3, 0.4) is 0 Å². The SMILES string of the molecule is CCCn1c(SCC(=O)Nc2sc3c(c2C(=O)OC)CCCCC3)nnc1-c1csc2ccccc12. The lowest BCUT2D eigenvalue weighted by molar-refractivity contribution is -0.113. The van der Waals surface area contributed by atoms with Crippen LogP contribution in [0.4, 0.5) is 5.00 Å². The third-order valence-corrected chi connectivity index (χ3v) is 9.42. The van der Waals surface area contributed by atoms with Gasteiger partial charge in [0, 0.05) is 32.5 Å². The van der Waals surface area contributed by atoms with Gasteiger partial charge in [0.05, 0.1) is 18.4 Å². The van der Waals surface area contributed by atoms with Gasteiger partial charge in [-0.3, -0.25) is 4.79 Å². The number of thioether (sulfide) groups is 1. The number of carbonyl (C=O) groups excluding carboxylic acids is 2. The molecule has 188 valence electrons. The summed E-state index contributed by atoms with van der Waals surface area (Å²) < 4.78 is 8.36. The lowest BCUT2D eigenvalue weighted by atomic mass is 10.1. The zero-order valence-corrected chi connectivity index (χ0v) is 22.8. The van der Waals surface area contributed by atoms with E-state index in [2.05, 4.69) is 44.5 Å². The first-order chi connectivity index (χ1) is 17.6. The van der Waals surface area contributed by atoms with E-state index in [1.165, 1.54) is 39.8 Å². The number of nitrogens with one attached hydrogen (secondary N) is 1. The minimum Gasteiger partial charge on any atom is -0.465 e. The predicted octanol–water partition coefficient (Wildman–Crippen LogP) is 6.42. The Morgan fingerprint density at radius 1 is 1.17 bits per heavy atom. The Morgan fingerprint density at radius 3 is 2.83 bits per heavy atom. The van der Waals surface area contributed by atoms with E-state index in [-0.39, 0.29) is 17.6 Å². The van der Waals surface area contributed by atoms with Gasteiger partial charge in [-0.05, 0) is 43.7 Å². The van der Waals surface area contributed by atoms with Gasteiger partial charge in [-0.1, -0.05) is 43.3 Å². The van der Waals surface area contributed by atoms with Crippen molar-refractivity contribution in [2.45, 2.75) is 57.1 Å². The normalized spacial score (nSPS) is 13.4. The van der Waals surface area contributed by atoms with Gasteiger partial charge in [0.1, 0.15) is 5.00 Å². The lowest BCUT2D eigenvalue weighted by Crippen LogP contribution is -2.16. The van der Waals surface area contributed by atoms with Gasteiger partial charge in [0.15, 0.2) is 11.0 Å². The van der Waals surface area contributed by atoms with Gasteiger partial charge < -0.3 is 14.6 Å². The summed E-state index contributed by atoms with van der Waals surface area (Å²) in [4.78, 5) is 26.7. The molecule has 1 aliphatic carbocycles. The number of ether oxygens (including phenoxy) is 1. The maximum absolute atomic E-state index is 13.0. The van der Waals surface area contributed by atoms with E-state index < -0.39 is 0 Å². The molecule has 0 unspecified atom stereocenters. The minimum atomic E-state index is -0.382. The summed E-state index contributed by atoms with van der Waals surface area (Å²) in [5, 5.41) is 16.5. The van der Waals surface area contributed by atoms with E-state index in [4.69, 9.17) is 4.74 Å². The van der Waals surface area contributed by atoms with Crippen molar-refractivity contribution in [2.24, 2.45) is 0 Å². The summed E-state index contributed by atoms with van der Waals surface area (Å²) in [6.45, 7) is 2.88. The average molecular weight is 541 g/mol. The third kappa shape index (κ3) is 4.94. The van der Waals surface area contributed by atoms with E-state index in [1.54, 1.807) is 11.3 Å². The van der Waals surface area contributed by atoms with Gasteiger partial charge >= 0.3 is 5.97 Å². The van der Waals surface area contributed by atoms with Crippen molar-refractivity contribution in [1.29, 1.82) is 0 Å². The number of fused-ring (bicyclic) bond motifs is 2. The summed E-state index contributed by atoms with van der Waals surface area (Å²) >= 11 is 4.57. The van der Waals surface area contributed by atoms with Gasteiger partial charge in [-0.25, -0.2) is 4.79 Å². The second-order valence-corrected chi connectivity index (χ2v) is 11.7. The molecule has 10 heteroatoms. The van der Waals surface area contributed by atoms with Crippen LogP contribution in [0, 0.1) is 0 Å². The van der Waals surface area contributed by atoms with Crippen molar-refractivity contribution < 1.29 is 14.3 Å². The van der Waals surface area contributed by atoms with Crippen LogP contribution in [0.5, 0.6) is 0 Å². The van der Waals surface area contributed by atoms with E-state index in [0.29, 0.717) is 15.7 Å². The Labute approximate surface area is 222 Å². The number of nitrogens with zero attached hydrogens (tertiary/aromatic N) is 3. The number of amides is 1. The van der Waals surface area contributed by atoms with E-state index in [1.807, 2.05) is 12.1 Å². The van der Waals surface area contributed by atoms with Crippen LogP contribution in [0.1, 0.15) is 53.4 Å².